The first-order chi connectivity index (χ1) is 13.6. The van der Waals surface area contributed by atoms with Crippen LogP contribution in [-0.4, -0.2) is 28.7 Å². The molecule has 2 aromatic rings. The molecule has 0 unspecified atom stereocenters. The summed E-state index contributed by atoms with van der Waals surface area (Å²) >= 11 is 1.19. The molecule has 1 fully saturated rings. The van der Waals surface area contributed by atoms with Crippen LogP contribution in [0.1, 0.15) is 37.9 Å². The van der Waals surface area contributed by atoms with Gasteiger partial charge >= 0.3 is 0 Å². The van der Waals surface area contributed by atoms with Gasteiger partial charge in [0.15, 0.2) is 0 Å². The van der Waals surface area contributed by atoms with E-state index in [-0.39, 0.29) is 18.2 Å². The Bertz CT molecular complexity index is 921. The highest BCUT2D eigenvalue weighted by Gasteiger charge is 2.40. The van der Waals surface area contributed by atoms with Crippen molar-refractivity contribution in [1.29, 1.82) is 5.26 Å². The molecule has 1 aliphatic heterocycles. The number of carbonyl (C=O) groups is 2. The van der Waals surface area contributed by atoms with E-state index >= 15 is 0 Å². The summed E-state index contributed by atoms with van der Waals surface area (Å²) in [5.41, 5.74) is 1.82. The Morgan fingerprint density at radius 1 is 1.21 bits per heavy atom. The molecule has 0 saturated carbocycles. The van der Waals surface area contributed by atoms with Crippen molar-refractivity contribution in [3.05, 3.63) is 47.7 Å². The third kappa shape index (κ3) is 4.18. The van der Waals surface area contributed by atoms with E-state index < -0.39 is 5.25 Å². The lowest BCUT2D eigenvalue weighted by atomic mass is 10.2. The number of imide groups is 1. The van der Waals surface area contributed by atoms with E-state index in [1.165, 1.54) is 16.7 Å². The molecule has 0 spiro atoms. The molecule has 3 rings (SSSR count). The van der Waals surface area contributed by atoms with Crippen molar-refractivity contribution in [3.63, 3.8) is 0 Å². The summed E-state index contributed by atoms with van der Waals surface area (Å²) in [6.45, 7) is 4.49. The number of thioether (sulfide) groups is 1. The molecule has 1 aliphatic rings. The first-order valence-corrected chi connectivity index (χ1v) is 10.1. The summed E-state index contributed by atoms with van der Waals surface area (Å²) in [5.74, 6) is 0.146. The van der Waals surface area contributed by atoms with Crippen molar-refractivity contribution < 1.29 is 14.3 Å². The van der Waals surface area contributed by atoms with Crippen LogP contribution in [0.4, 0.5) is 5.69 Å². The van der Waals surface area contributed by atoms with Crippen molar-refractivity contribution in [3.8, 4) is 11.8 Å². The van der Waals surface area contributed by atoms with Gasteiger partial charge in [-0.05, 0) is 49.7 Å². The maximum Gasteiger partial charge on any atom is 0.247 e. The van der Waals surface area contributed by atoms with E-state index in [0.717, 1.165) is 18.5 Å². The molecule has 0 aliphatic carbocycles. The van der Waals surface area contributed by atoms with E-state index in [4.69, 9.17) is 4.74 Å². The number of nitrogens with zero attached hydrogens (tertiary/aromatic N) is 3. The Morgan fingerprint density at radius 3 is 2.61 bits per heavy atom. The zero-order valence-corrected chi connectivity index (χ0v) is 16.7. The quantitative estimate of drug-likeness (QED) is 0.664. The number of ether oxygens (including phenoxy) is 1. The van der Waals surface area contributed by atoms with Crippen molar-refractivity contribution in [1.82, 2.24) is 4.98 Å². The molecule has 144 valence electrons. The number of nitriles is 1. The highest BCUT2D eigenvalue weighted by molar-refractivity contribution is 8.00. The van der Waals surface area contributed by atoms with E-state index in [1.807, 2.05) is 13.0 Å². The van der Waals surface area contributed by atoms with Crippen LogP contribution >= 0.6 is 11.8 Å². The van der Waals surface area contributed by atoms with E-state index in [1.54, 1.807) is 30.3 Å². The Kier molecular flexibility index (Phi) is 6.32. The van der Waals surface area contributed by atoms with Gasteiger partial charge in [0.25, 0.3) is 0 Å². The number of aromatic nitrogens is 1. The molecule has 2 heterocycles. The lowest BCUT2D eigenvalue weighted by Gasteiger charge is -2.15. The largest absolute Gasteiger partial charge is 0.494 e. The molecule has 0 bridgehead atoms. The number of hydrogen-bond acceptors (Lipinski definition) is 6. The van der Waals surface area contributed by atoms with Crippen LogP contribution < -0.4 is 9.64 Å². The van der Waals surface area contributed by atoms with E-state index in [0.29, 0.717) is 28.6 Å². The average Bonchev–Trinajstić information content (AvgIpc) is 2.97. The van der Waals surface area contributed by atoms with E-state index in [2.05, 4.69) is 18.0 Å². The number of hydrogen-bond donors (Lipinski definition) is 0. The minimum Gasteiger partial charge on any atom is -0.494 e. The second-order valence-electron chi connectivity index (χ2n) is 6.32. The maximum atomic E-state index is 12.9. The molecular formula is C21H21N3O3S. The molecule has 1 aromatic carbocycles. The van der Waals surface area contributed by atoms with Crippen LogP contribution in [0, 0.1) is 11.3 Å². The standard InChI is InChI=1S/C21H21N3O3S/c1-3-5-15-7-6-14(13-22)20(23-15)28-18-12-19(25)24(21(18)26)16-8-10-17(11-9-16)27-4-2/h6-11,18H,3-5,12H2,1-2H3/t18-/m0/s1. The molecule has 1 aromatic heterocycles. The molecule has 6 nitrogen and oxygen atoms in total. The molecule has 0 radical (unpaired) electrons. The molecular weight excluding hydrogens is 374 g/mol. The summed E-state index contributed by atoms with van der Waals surface area (Å²) in [6.07, 6.45) is 1.83. The average molecular weight is 395 g/mol. The minimum absolute atomic E-state index is 0.0846. The van der Waals surface area contributed by atoms with Crippen LogP contribution in [0.15, 0.2) is 41.4 Å². The molecule has 1 atom stereocenters. The second kappa shape index (κ2) is 8.89. The first-order valence-electron chi connectivity index (χ1n) is 9.23. The zero-order valence-electron chi connectivity index (χ0n) is 15.8. The lowest BCUT2D eigenvalue weighted by Crippen LogP contribution is -2.31. The van der Waals surface area contributed by atoms with Gasteiger partial charge in [-0.2, -0.15) is 5.26 Å². The fourth-order valence-corrected chi connectivity index (χ4v) is 4.12. The van der Waals surface area contributed by atoms with Gasteiger partial charge in [0.1, 0.15) is 16.8 Å². The van der Waals surface area contributed by atoms with Crippen molar-refractivity contribution in [2.24, 2.45) is 0 Å². The minimum atomic E-state index is -0.587. The summed E-state index contributed by atoms with van der Waals surface area (Å²) in [6, 6.07) is 12.6. The van der Waals surface area contributed by atoms with Crippen LogP contribution in [-0.2, 0) is 16.0 Å². The molecule has 7 heteroatoms. The number of benzene rings is 1. The number of aryl methyl sites for hydroxylation is 1. The van der Waals surface area contributed by atoms with Gasteiger partial charge in [0.2, 0.25) is 11.8 Å². The fraction of sp³-hybridized carbons (Fsp3) is 0.333. The van der Waals surface area contributed by atoms with Crippen molar-refractivity contribution >= 4 is 29.3 Å². The van der Waals surface area contributed by atoms with Gasteiger partial charge < -0.3 is 4.74 Å². The summed E-state index contributed by atoms with van der Waals surface area (Å²) in [4.78, 5) is 31.1. The van der Waals surface area contributed by atoms with Gasteiger partial charge in [0, 0.05) is 12.1 Å². The molecule has 28 heavy (non-hydrogen) atoms. The maximum absolute atomic E-state index is 12.9. The monoisotopic (exact) mass is 395 g/mol. The Hall–Kier alpha value is -2.85. The van der Waals surface area contributed by atoms with Crippen LogP contribution in [0.2, 0.25) is 0 Å². The second-order valence-corrected chi connectivity index (χ2v) is 7.51. The number of amides is 2. The van der Waals surface area contributed by atoms with Crippen LogP contribution in [0.5, 0.6) is 5.75 Å². The third-order valence-corrected chi connectivity index (χ3v) is 5.50. The third-order valence-electron chi connectivity index (χ3n) is 4.31. The summed E-state index contributed by atoms with van der Waals surface area (Å²) < 4.78 is 5.40. The summed E-state index contributed by atoms with van der Waals surface area (Å²) in [5, 5.41) is 9.27. The first kappa shape index (κ1) is 19.9. The van der Waals surface area contributed by atoms with Gasteiger partial charge in [-0.1, -0.05) is 25.1 Å². The zero-order chi connectivity index (χ0) is 20.1. The highest BCUT2D eigenvalue weighted by Crippen LogP contribution is 2.35. The predicted octanol–water partition coefficient (Wildman–Crippen LogP) is 3.73. The lowest BCUT2D eigenvalue weighted by molar-refractivity contribution is -0.121. The predicted molar refractivity (Wildman–Crippen MR) is 107 cm³/mol. The van der Waals surface area contributed by atoms with E-state index in [9.17, 15) is 14.9 Å². The molecule has 0 N–H and O–H groups in total. The topological polar surface area (TPSA) is 83.3 Å². The number of pyridine rings is 1. The Labute approximate surface area is 168 Å². The fourth-order valence-electron chi connectivity index (χ4n) is 3.01. The number of rotatable bonds is 7. The van der Waals surface area contributed by atoms with Crippen molar-refractivity contribution in [2.75, 3.05) is 11.5 Å². The van der Waals surface area contributed by atoms with Gasteiger partial charge in [-0.15, -0.1) is 0 Å². The number of anilines is 1. The Morgan fingerprint density at radius 2 is 1.96 bits per heavy atom. The van der Waals surface area contributed by atoms with Gasteiger partial charge in [-0.3, -0.25) is 9.59 Å². The highest BCUT2D eigenvalue weighted by atomic mass is 32.2. The SMILES string of the molecule is CCCc1ccc(C#N)c(S[C@H]2CC(=O)N(c3ccc(OCC)cc3)C2=O)n1. The molecule has 1 saturated heterocycles. The Balaban J connectivity index is 1.80. The van der Waals surface area contributed by atoms with Crippen LogP contribution in [0.3, 0.4) is 0 Å². The van der Waals surface area contributed by atoms with Crippen LogP contribution in [0.25, 0.3) is 0 Å². The van der Waals surface area contributed by atoms with Gasteiger partial charge in [-0.25, -0.2) is 9.88 Å². The van der Waals surface area contributed by atoms with Crippen molar-refractivity contribution in [2.45, 2.75) is 43.4 Å². The van der Waals surface area contributed by atoms with Gasteiger partial charge in [0.05, 0.1) is 23.1 Å². The normalized spacial score (nSPS) is 16.3. The summed E-state index contributed by atoms with van der Waals surface area (Å²) in [7, 11) is 0. The smallest absolute Gasteiger partial charge is 0.247 e. The number of carbonyl (C=O) groups excluding carboxylic acids is 2. The molecule has 2 amide bonds.